The molecule has 130 valence electrons. The van der Waals surface area contributed by atoms with Crippen molar-refractivity contribution in [2.24, 2.45) is 10.9 Å². The summed E-state index contributed by atoms with van der Waals surface area (Å²) in [4.78, 5) is 26.5. The van der Waals surface area contributed by atoms with Crippen molar-refractivity contribution in [3.8, 4) is 0 Å². The average Bonchev–Trinajstić information content (AvgIpc) is 2.64. The number of nitrogens with two attached hydrogens (primary N) is 1. The fourth-order valence-corrected chi connectivity index (χ4v) is 2.76. The molecule has 0 aromatic heterocycles. The fraction of sp³-hybridized carbons (Fsp3) is 0.176. The Kier molecular flexibility index (Phi) is 6.97. The molecule has 0 atom stereocenters. The summed E-state index contributed by atoms with van der Waals surface area (Å²) in [6.45, 7) is 0. The van der Waals surface area contributed by atoms with Crippen molar-refractivity contribution in [2.75, 3.05) is 5.75 Å². The van der Waals surface area contributed by atoms with Gasteiger partial charge in [0.1, 0.15) is 0 Å². The highest BCUT2D eigenvalue weighted by molar-refractivity contribution is 7.98. The summed E-state index contributed by atoms with van der Waals surface area (Å²) in [6, 6.07) is 15.5. The zero-order chi connectivity index (χ0) is 18.1. The third-order valence-electron chi connectivity index (χ3n) is 3.18. The first kappa shape index (κ1) is 18.5. The molecule has 0 aliphatic carbocycles. The van der Waals surface area contributed by atoms with Crippen LogP contribution in [-0.4, -0.2) is 22.5 Å². The molecule has 0 amide bonds. The maximum atomic E-state index is 11.6. The van der Waals surface area contributed by atoms with Crippen molar-refractivity contribution in [3.63, 3.8) is 0 Å². The van der Waals surface area contributed by atoms with Crippen molar-refractivity contribution in [1.82, 2.24) is 0 Å². The number of nitrogens with zero attached hydrogens (tertiary/aromatic N) is 2. The first-order valence-corrected chi connectivity index (χ1v) is 8.61. The van der Waals surface area contributed by atoms with Gasteiger partial charge in [0.15, 0.2) is 5.84 Å². The number of thioether (sulfide) groups is 1. The third kappa shape index (κ3) is 6.27. The zero-order valence-electron chi connectivity index (χ0n) is 13.3. The lowest BCUT2D eigenvalue weighted by atomic mass is 10.2. The summed E-state index contributed by atoms with van der Waals surface area (Å²) >= 11 is 1.63. The molecule has 0 unspecified atom stereocenters. The van der Waals surface area contributed by atoms with Crippen LogP contribution in [0.1, 0.15) is 17.5 Å². The minimum absolute atomic E-state index is 0.0137. The Morgan fingerprint density at radius 1 is 1.16 bits per heavy atom. The molecule has 0 aliphatic rings. The fourth-order valence-electron chi connectivity index (χ4n) is 1.87. The number of rotatable bonds is 8. The molecule has 0 fully saturated rings. The van der Waals surface area contributed by atoms with E-state index in [4.69, 9.17) is 10.6 Å². The van der Waals surface area contributed by atoms with E-state index < -0.39 is 10.9 Å². The topological polar surface area (TPSA) is 108 Å². The first-order valence-electron chi connectivity index (χ1n) is 7.46. The van der Waals surface area contributed by atoms with Gasteiger partial charge in [-0.2, -0.15) is 11.8 Å². The van der Waals surface area contributed by atoms with Crippen LogP contribution >= 0.6 is 11.8 Å². The lowest BCUT2D eigenvalue weighted by Crippen LogP contribution is -2.15. The lowest BCUT2D eigenvalue weighted by molar-refractivity contribution is -0.384. The predicted molar refractivity (Wildman–Crippen MR) is 97.1 cm³/mol. The smallest absolute Gasteiger partial charge is 0.335 e. The standard InChI is InChI=1S/C17H17N3O4S/c18-17(14-6-8-15(9-7-14)20(22)23)19-24-16(21)10-11-25-12-13-4-2-1-3-5-13/h1-9H,10-12H2,(H2,18,19). The summed E-state index contributed by atoms with van der Waals surface area (Å²) in [6.07, 6.45) is 0.217. The number of amidine groups is 1. The van der Waals surface area contributed by atoms with E-state index in [1.807, 2.05) is 30.3 Å². The normalized spacial score (nSPS) is 11.1. The van der Waals surface area contributed by atoms with Crippen LogP contribution in [0.5, 0.6) is 0 Å². The van der Waals surface area contributed by atoms with Gasteiger partial charge in [-0.25, -0.2) is 4.79 Å². The van der Waals surface area contributed by atoms with E-state index in [0.717, 1.165) is 5.75 Å². The molecule has 7 nitrogen and oxygen atoms in total. The summed E-state index contributed by atoms with van der Waals surface area (Å²) in [5, 5.41) is 14.2. The number of hydrogen-bond donors (Lipinski definition) is 1. The Morgan fingerprint density at radius 3 is 2.48 bits per heavy atom. The molecule has 2 aromatic carbocycles. The molecular formula is C17H17N3O4S. The van der Waals surface area contributed by atoms with E-state index >= 15 is 0 Å². The second-order valence-corrected chi connectivity index (χ2v) is 6.14. The highest BCUT2D eigenvalue weighted by Gasteiger charge is 2.08. The quantitative estimate of drug-likeness (QED) is 0.194. The van der Waals surface area contributed by atoms with Gasteiger partial charge in [-0.15, -0.1) is 0 Å². The van der Waals surface area contributed by atoms with Crippen LogP contribution in [0.25, 0.3) is 0 Å². The van der Waals surface area contributed by atoms with E-state index in [1.165, 1.54) is 29.8 Å². The molecule has 0 aliphatic heterocycles. The van der Waals surface area contributed by atoms with Crippen molar-refractivity contribution >= 4 is 29.3 Å². The van der Waals surface area contributed by atoms with Crippen LogP contribution in [0, 0.1) is 10.1 Å². The summed E-state index contributed by atoms with van der Waals surface area (Å²) in [5.41, 5.74) is 7.28. The number of non-ortho nitro benzene ring substituents is 1. The summed E-state index contributed by atoms with van der Waals surface area (Å²) in [7, 11) is 0. The van der Waals surface area contributed by atoms with Crippen molar-refractivity contribution < 1.29 is 14.6 Å². The molecule has 8 heteroatoms. The molecule has 2 rings (SSSR count). The van der Waals surface area contributed by atoms with Gasteiger partial charge in [-0.05, 0) is 17.7 Å². The van der Waals surface area contributed by atoms with Crippen molar-refractivity contribution in [3.05, 3.63) is 75.8 Å². The molecular weight excluding hydrogens is 342 g/mol. The van der Waals surface area contributed by atoms with Crippen LogP contribution in [0.4, 0.5) is 5.69 Å². The second kappa shape index (κ2) is 9.43. The maximum absolute atomic E-state index is 11.6. The van der Waals surface area contributed by atoms with E-state index in [2.05, 4.69) is 5.16 Å². The SMILES string of the molecule is N/C(=N\OC(=O)CCSCc1ccccc1)c1ccc([N+](=O)[O-])cc1. The number of benzene rings is 2. The molecule has 2 N–H and O–H groups in total. The molecule has 25 heavy (non-hydrogen) atoms. The number of nitro groups is 1. The van der Waals surface area contributed by atoms with E-state index in [1.54, 1.807) is 11.8 Å². The van der Waals surface area contributed by atoms with Gasteiger partial charge in [0.2, 0.25) is 0 Å². The molecule has 0 heterocycles. The zero-order valence-corrected chi connectivity index (χ0v) is 14.1. The molecule has 0 spiro atoms. The first-order chi connectivity index (χ1) is 12.1. The number of carbonyl (C=O) groups excluding carboxylic acids is 1. The van der Waals surface area contributed by atoms with E-state index in [0.29, 0.717) is 11.3 Å². The van der Waals surface area contributed by atoms with Gasteiger partial charge in [-0.3, -0.25) is 10.1 Å². The monoisotopic (exact) mass is 359 g/mol. The Labute approximate surface area is 149 Å². The van der Waals surface area contributed by atoms with Crippen LogP contribution in [0.3, 0.4) is 0 Å². The number of carbonyl (C=O) groups is 1. The van der Waals surface area contributed by atoms with Crippen LogP contribution < -0.4 is 5.73 Å². The number of oxime groups is 1. The van der Waals surface area contributed by atoms with E-state index in [-0.39, 0.29) is 17.9 Å². The van der Waals surface area contributed by atoms with Gasteiger partial charge >= 0.3 is 5.97 Å². The summed E-state index contributed by atoms with van der Waals surface area (Å²) < 4.78 is 0. The minimum atomic E-state index is -0.510. The van der Waals surface area contributed by atoms with Gasteiger partial charge in [-0.1, -0.05) is 35.5 Å². The lowest BCUT2D eigenvalue weighted by Gasteiger charge is -2.02. The minimum Gasteiger partial charge on any atom is -0.380 e. The van der Waals surface area contributed by atoms with E-state index in [9.17, 15) is 14.9 Å². The maximum Gasteiger partial charge on any atom is 0.335 e. The largest absolute Gasteiger partial charge is 0.380 e. The Balaban J connectivity index is 1.74. The molecule has 0 saturated carbocycles. The van der Waals surface area contributed by atoms with Gasteiger partial charge in [0.25, 0.3) is 5.69 Å². The second-order valence-electron chi connectivity index (χ2n) is 5.03. The Hall–Kier alpha value is -2.87. The van der Waals surface area contributed by atoms with Gasteiger partial charge < -0.3 is 10.6 Å². The molecule has 0 saturated heterocycles. The average molecular weight is 359 g/mol. The van der Waals surface area contributed by atoms with Gasteiger partial charge in [0, 0.05) is 29.2 Å². The molecule has 2 aromatic rings. The number of nitro benzene ring substituents is 1. The predicted octanol–water partition coefficient (Wildman–Crippen LogP) is 3.08. The molecule has 0 bridgehead atoms. The van der Waals surface area contributed by atoms with Crippen LogP contribution in [0.15, 0.2) is 59.8 Å². The highest BCUT2D eigenvalue weighted by atomic mass is 32.2. The van der Waals surface area contributed by atoms with Crippen molar-refractivity contribution in [1.29, 1.82) is 0 Å². The number of hydrogen-bond acceptors (Lipinski definition) is 6. The highest BCUT2D eigenvalue weighted by Crippen LogP contribution is 2.13. The Bertz CT molecular complexity index is 748. The third-order valence-corrected chi connectivity index (χ3v) is 4.21. The van der Waals surface area contributed by atoms with Crippen LogP contribution in [0.2, 0.25) is 0 Å². The molecule has 0 radical (unpaired) electrons. The Morgan fingerprint density at radius 2 is 1.84 bits per heavy atom. The van der Waals surface area contributed by atoms with Crippen molar-refractivity contribution in [2.45, 2.75) is 12.2 Å². The van der Waals surface area contributed by atoms with Crippen LogP contribution in [-0.2, 0) is 15.4 Å². The van der Waals surface area contributed by atoms with Gasteiger partial charge in [0.05, 0.1) is 11.3 Å². The summed E-state index contributed by atoms with van der Waals surface area (Å²) in [5.74, 6) is 0.939.